The second kappa shape index (κ2) is 6.96. The van der Waals surface area contributed by atoms with Crippen molar-refractivity contribution in [1.29, 1.82) is 0 Å². The first-order chi connectivity index (χ1) is 10.7. The maximum atomic E-state index is 10.8. The van der Waals surface area contributed by atoms with E-state index in [9.17, 15) is 5.11 Å². The number of nitrogens with one attached hydrogen (secondary N) is 1. The van der Waals surface area contributed by atoms with Gasteiger partial charge in [0.15, 0.2) is 0 Å². The SMILES string of the molecule is COc1ccccc1C1CNCCN1CC1(O)CCOCC1. The summed E-state index contributed by atoms with van der Waals surface area (Å²) in [6.45, 7) is 4.78. The van der Waals surface area contributed by atoms with E-state index in [1.165, 1.54) is 5.56 Å². The highest BCUT2D eigenvalue weighted by Gasteiger charge is 2.36. The lowest BCUT2D eigenvalue weighted by Gasteiger charge is -2.43. The van der Waals surface area contributed by atoms with Crippen LogP contribution in [0.4, 0.5) is 0 Å². The Balaban J connectivity index is 1.79. The van der Waals surface area contributed by atoms with Crippen LogP contribution in [-0.4, -0.2) is 62.1 Å². The average Bonchev–Trinajstić information content (AvgIpc) is 2.56. The zero-order chi connectivity index (χ0) is 15.4. The molecule has 0 radical (unpaired) electrons. The normalized spacial score (nSPS) is 25.8. The van der Waals surface area contributed by atoms with Gasteiger partial charge >= 0.3 is 0 Å². The van der Waals surface area contributed by atoms with Crippen molar-refractivity contribution in [1.82, 2.24) is 10.2 Å². The Morgan fingerprint density at radius 1 is 1.36 bits per heavy atom. The van der Waals surface area contributed by atoms with E-state index >= 15 is 0 Å². The number of β-amino-alcohol motifs (C(OH)–C–C–N with tert-alkyl or cyclic N) is 1. The van der Waals surface area contributed by atoms with Crippen molar-refractivity contribution in [2.75, 3.05) is 46.5 Å². The van der Waals surface area contributed by atoms with Gasteiger partial charge in [-0.15, -0.1) is 0 Å². The van der Waals surface area contributed by atoms with E-state index in [2.05, 4.69) is 16.3 Å². The van der Waals surface area contributed by atoms with Gasteiger partial charge < -0.3 is 19.9 Å². The van der Waals surface area contributed by atoms with Crippen molar-refractivity contribution < 1.29 is 14.6 Å². The van der Waals surface area contributed by atoms with Crippen LogP contribution in [0.2, 0.25) is 0 Å². The van der Waals surface area contributed by atoms with Gasteiger partial charge in [0.2, 0.25) is 0 Å². The summed E-state index contributed by atoms with van der Waals surface area (Å²) in [5, 5.41) is 14.3. The summed E-state index contributed by atoms with van der Waals surface area (Å²) in [6, 6.07) is 8.41. The highest BCUT2D eigenvalue weighted by atomic mass is 16.5. The number of para-hydroxylation sites is 1. The minimum atomic E-state index is -0.629. The molecule has 1 unspecified atom stereocenters. The molecule has 1 atom stereocenters. The van der Waals surface area contributed by atoms with Gasteiger partial charge in [-0.3, -0.25) is 4.90 Å². The molecule has 1 aromatic carbocycles. The predicted molar refractivity (Wildman–Crippen MR) is 85.2 cm³/mol. The number of piperazine rings is 1. The van der Waals surface area contributed by atoms with Gasteiger partial charge in [-0.25, -0.2) is 0 Å². The van der Waals surface area contributed by atoms with Crippen molar-refractivity contribution in [2.45, 2.75) is 24.5 Å². The molecule has 2 aliphatic rings. The zero-order valence-electron chi connectivity index (χ0n) is 13.3. The Labute approximate surface area is 132 Å². The second-order valence-corrected chi connectivity index (χ2v) is 6.27. The van der Waals surface area contributed by atoms with Crippen molar-refractivity contribution in [3.8, 4) is 5.75 Å². The third-order valence-electron chi connectivity index (χ3n) is 4.77. The van der Waals surface area contributed by atoms with E-state index in [0.717, 1.165) is 38.2 Å². The van der Waals surface area contributed by atoms with Crippen molar-refractivity contribution in [3.05, 3.63) is 29.8 Å². The molecule has 0 aliphatic carbocycles. The molecule has 0 saturated carbocycles. The minimum absolute atomic E-state index is 0.233. The van der Waals surface area contributed by atoms with Gasteiger partial charge in [-0.05, 0) is 6.07 Å². The number of benzene rings is 1. The molecule has 0 bridgehead atoms. The predicted octanol–water partition coefficient (Wildman–Crippen LogP) is 1.18. The molecule has 1 aromatic rings. The fourth-order valence-corrected chi connectivity index (χ4v) is 3.47. The molecule has 2 N–H and O–H groups in total. The van der Waals surface area contributed by atoms with Gasteiger partial charge in [0, 0.05) is 57.8 Å². The number of hydrogen-bond acceptors (Lipinski definition) is 5. The van der Waals surface area contributed by atoms with E-state index in [4.69, 9.17) is 9.47 Å². The standard InChI is InChI=1S/C17H26N2O3/c1-21-16-5-3-2-4-14(16)15-12-18-8-9-19(15)13-17(20)6-10-22-11-7-17/h2-5,15,18,20H,6-13H2,1H3. The van der Waals surface area contributed by atoms with Crippen LogP contribution in [0.3, 0.4) is 0 Å². The van der Waals surface area contributed by atoms with Gasteiger partial charge in [-0.2, -0.15) is 0 Å². The third kappa shape index (κ3) is 3.43. The Morgan fingerprint density at radius 2 is 2.14 bits per heavy atom. The van der Waals surface area contributed by atoms with Crippen LogP contribution in [0, 0.1) is 0 Å². The number of rotatable bonds is 4. The average molecular weight is 306 g/mol. The number of ether oxygens (including phenoxy) is 2. The fourth-order valence-electron chi connectivity index (χ4n) is 3.47. The van der Waals surface area contributed by atoms with Crippen molar-refractivity contribution in [2.24, 2.45) is 0 Å². The smallest absolute Gasteiger partial charge is 0.123 e. The summed E-state index contributed by atoms with van der Waals surface area (Å²) in [4.78, 5) is 2.39. The lowest BCUT2D eigenvalue weighted by molar-refractivity contribution is -0.0874. The summed E-state index contributed by atoms with van der Waals surface area (Å²) in [7, 11) is 1.71. The molecule has 0 amide bonds. The Bertz CT molecular complexity index is 489. The molecule has 2 heterocycles. The molecule has 0 aromatic heterocycles. The Kier molecular flexibility index (Phi) is 4.98. The first-order valence-electron chi connectivity index (χ1n) is 8.10. The molecule has 2 saturated heterocycles. The van der Waals surface area contributed by atoms with Crippen LogP contribution in [0.15, 0.2) is 24.3 Å². The molecule has 3 rings (SSSR count). The number of aliphatic hydroxyl groups is 1. The molecular formula is C17H26N2O3. The lowest BCUT2D eigenvalue weighted by Crippen LogP contribution is -2.53. The molecule has 22 heavy (non-hydrogen) atoms. The van der Waals surface area contributed by atoms with Crippen LogP contribution in [0.1, 0.15) is 24.4 Å². The van der Waals surface area contributed by atoms with Crippen LogP contribution >= 0.6 is 0 Å². The van der Waals surface area contributed by atoms with E-state index in [1.807, 2.05) is 18.2 Å². The van der Waals surface area contributed by atoms with Crippen LogP contribution in [0.5, 0.6) is 5.75 Å². The van der Waals surface area contributed by atoms with Crippen LogP contribution < -0.4 is 10.1 Å². The third-order valence-corrected chi connectivity index (χ3v) is 4.77. The molecular weight excluding hydrogens is 280 g/mol. The number of methoxy groups -OCH3 is 1. The minimum Gasteiger partial charge on any atom is -0.496 e. The molecule has 0 spiro atoms. The highest BCUT2D eigenvalue weighted by molar-refractivity contribution is 5.36. The molecule has 122 valence electrons. The maximum absolute atomic E-state index is 10.8. The first-order valence-corrected chi connectivity index (χ1v) is 8.10. The van der Waals surface area contributed by atoms with Crippen molar-refractivity contribution >= 4 is 0 Å². The van der Waals surface area contributed by atoms with E-state index in [1.54, 1.807) is 7.11 Å². The summed E-state index contributed by atoms with van der Waals surface area (Å²) in [5.41, 5.74) is 0.559. The quantitative estimate of drug-likeness (QED) is 0.875. The monoisotopic (exact) mass is 306 g/mol. The maximum Gasteiger partial charge on any atom is 0.123 e. The summed E-state index contributed by atoms with van der Waals surface area (Å²) in [5.74, 6) is 0.917. The number of hydrogen-bond donors (Lipinski definition) is 2. The Hall–Kier alpha value is -1.14. The van der Waals surface area contributed by atoms with Crippen LogP contribution in [0.25, 0.3) is 0 Å². The molecule has 2 aliphatic heterocycles. The highest BCUT2D eigenvalue weighted by Crippen LogP contribution is 2.32. The summed E-state index contributed by atoms with van der Waals surface area (Å²) in [6.07, 6.45) is 1.44. The van der Waals surface area contributed by atoms with Gasteiger partial charge in [-0.1, -0.05) is 18.2 Å². The summed E-state index contributed by atoms with van der Waals surface area (Å²) < 4.78 is 10.9. The van der Waals surface area contributed by atoms with Gasteiger partial charge in [0.1, 0.15) is 5.75 Å². The van der Waals surface area contributed by atoms with E-state index in [-0.39, 0.29) is 6.04 Å². The first kappa shape index (κ1) is 15.7. The topological polar surface area (TPSA) is 54.0 Å². The van der Waals surface area contributed by atoms with E-state index < -0.39 is 5.60 Å². The number of nitrogens with zero attached hydrogens (tertiary/aromatic N) is 1. The fraction of sp³-hybridized carbons (Fsp3) is 0.647. The second-order valence-electron chi connectivity index (χ2n) is 6.27. The van der Waals surface area contributed by atoms with Crippen LogP contribution in [-0.2, 0) is 4.74 Å². The summed E-state index contributed by atoms with van der Waals surface area (Å²) >= 11 is 0. The molecule has 5 nitrogen and oxygen atoms in total. The molecule has 2 fully saturated rings. The van der Waals surface area contributed by atoms with E-state index in [0.29, 0.717) is 19.8 Å². The van der Waals surface area contributed by atoms with Crippen molar-refractivity contribution in [3.63, 3.8) is 0 Å². The lowest BCUT2D eigenvalue weighted by atomic mass is 9.91. The van der Waals surface area contributed by atoms with Gasteiger partial charge in [0.25, 0.3) is 0 Å². The Morgan fingerprint density at radius 3 is 2.91 bits per heavy atom. The molecule has 5 heteroatoms. The van der Waals surface area contributed by atoms with Gasteiger partial charge in [0.05, 0.1) is 18.8 Å². The zero-order valence-corrected chi connectivity index (χ0v) is 13.3. The largest absolute Gasteiger partial charge is 0.496 e.